The Morgan fingerprint density at radius 2 is 2.47 bits per heavy atom. The van der Waals surface area contributed by atoms with Crippen molar-refractivity contribution in [2.75, 3.05) is 6.61 Å². The summed E-state index contributed by atoms with van der Waals surface area (Å²) < 4.78 is 0. The van der Waals surface area contributed by atoms with E-state index < -0.39 is 0 Å². The average molecular weight is 229 g/mol. The minimum absolute atomic E-state index is 0.0295. The van der Waals surface area contributed by atoms with Crippen LogP contribution in [0.4, 0.5) is 0 Å². The molecule has 0 spiro atoms. The second-order valence-electron chi connectivity index (χ2n) is 3.15. The number of H-pyrrole nitrogens is 1. The smallest absolute Gasteiger partial charge is 0.251 e. The van der Waals surface area contributed by atoms with Crippen LogP contribution in [0.2, 0.25) is 0 Å². The maximum atomic E-state index is 11.0. The van der Waals surface area contributed by atoms with Gasteiger partial charge in [0.1, 0.15) is 0 Å². The third-order valence-corrected chi connectivity index (χ3v) is 3.27. The van der Waals surface area contributed by atoms with E-state index in [4.69, 9.17) is 10.8 Å². The summed E-state index contributed by atoms with van der Waals surface area (Å²) in [5.41, 5.74) is 5.61. The fourth-order valence-corrected chi connectivity index (χ4v) is 2.09. The molecular weight excluding hydrogens is 214 g/mol. The summed E-state index contributed by atoms with van der Waals surface area (Å²) in [6.07, 6.45) is 2.21. The molecule has 6 heteroatoms. The number of aromatic amines is 1. The molecule has 1 aromatic rings. The van der Waals surface area contributed by atoms with E-state index in [9.17, 15) is 4.79 Å². The first-order valence-corrected chi connectivity index (χ1v) is 5.63. The van der Waals surface area contributed by atoms with Crippen molar-refractivity contribution in [2.45, 2.75) is 29.8 Å². The molecule has 0 aliphatic rings. The molecule has 0 saturated heterocycles. The third-order valence-electron chi connectivity index (χ3n) is 2.04. The van der Waals surface area contributed by atoms with Crippen molar-refractivity contribution in [2.24, 2.45) is 5.73 Å². The summed E-state index contributed by atoms with van der Waals surface area (Å²) in [6.45, 7) is 1.92. The van der Waals surface area contributed by atoms with Gasteiger partial charge in [-0.2, -0.15) is 0 Å². The van der Waals surface area contributed by atoms with Gasteiger partial charge < -0.3 is 15.8 Å². The van der Waals surface area contributed by atoms with Gasteiger partial charge in [0.2, 0.25) is 0 Å². The Morgan fingerprint density at radius 3 is 3.00 bits per heavy atom. The number of nitrogens with two attached hydrogens (primary N) is 1. The van der Waals surface area contributed by atoms with Crippen LogP contribution in [-0.4, -0.2) is 33.0 Å². The first-order chi connectivity index (χ1) is 7.17. The van der Waals surface area contributed by atoms with Gasteiger partial charge in [-0.15, -0.1) is 0 Å². The van der Waals surface area contributed by atoms with E-state index in [1.807, 2.05) is 6.92 Å². The highest BCUT2D eigenvalue weighted by atomic mass is 32.2. The van der Waals surface area contributed by atoms with Gasteiger partial charge in [0.25, 0.3) is 5.56 Å². The zero-order valence-electron chi connectivity index (χ0n) is 8.51. The van der Waals surface area contributed by atoms with E-state index in [0.717, 1.165) is 6.42 Å². The summed E-state index contributed by atoms with van der Waals surface area (Å²) in [6, 6.07) is 1.24. The van der Waals surface area contributed by atoms with Crippen LogP contribution in [0.3, 0.4) is 0 Å². The Balaban J connectivity index is 2.70. The van der Waals surface area contributed by atoms with E-state index in [-0.39, 0.29) is 23.5 Å². The minimum atomic E-state index is -0.200. The molecule has 1 heterocycles. The Hall–Kier alpha value is -0.850. The lowest BCUT2D eigenvalue weighted by atomic mass is 10.2. The van der Waals surface area contributed by atoms with Crippen molar-refractivity contribution in [1.82, 2.24) is 9.97 Å². The number of nitrogens with one attached hydrogen (secondary N) is 1. The number of hydrogen-bond acceptors (Lipinski definition) is 5. The number of aromatic nitrogens is 2. The van der Waals surface area contributed by atoms with Crippen molar-refractivity contribution in [3.8, 4) is 0 Å². The molecule has 0 fully saturated rings. The van der Waals surface area contributed by atoms with Crippen molar-refractivity contribution >= 4 is 11.8 Å². The Morgan fingerprint density at radius 1 is 1.73 bits per heavy atom. The predicted molar refractivity (Wildman–Crippen MR) is 59.9 cm³/mol. The highest BCUT2D eigenvalue weighted by molar-refractivity contribution is 7.99. The van der Waals surface area contributed by atoms with Gasteiger partial charge in [0, 0.05) is 18.3 Å². The van der Waals surface area contributed by atoms with Gasteiger partial charge in [0.05, 0.1) is 11.9 Å². The molecule has 0 aromatic carbocycles. The fraction of sp³-hybridized carbons (Fsp3) is 0.556. The van der Waals surface area contributed by atoms with E-state index in [1.165, 1.54) is 24.0 Å². The Bertz CT molecular complexity index is 355. The predicted octanol–water partition coefficient (Wildman–Crippen LogP) is -0.0398. The first-order valence-electron chi connectivity index (χ1n) is 4.75. The van der Waals surface area contributed by atoms with Crippen LogP contribution in [0.5, 0.6) is 0 Å². The molecule has 5 nitrogen and oxygen atoms in total. The minimum Gasteiger partial charge on any atom is -0.395 e. The summed E-state index contributed by atoms with van der Waals surface area (Å²) >= 11 is 1.29. The monoisotopic (exact) mass is 229 g/mol. The zero-order valence-corrected chi connectivity index (χ0v) is 9.33. The molecule has 0 aliphatic carbocycles. The number of nitrogens with zero attached hydrogens (tertiary/aromatic N) is 1. The first kappa shape index (κ1) is 12.2. The molecule has 0 bridgehead atoms. The molecule has 84 valence electrons. The highest BCUT2D eigenvalue weighted by Gasteiger charge is 2.17. The maximum absolute atomic E-state index is 11.0. The lowest BCUT2D eigenvalue weighted by Gasteiger charge is -2.18. The van der Waals surface area contributed by atoms with Gasteiger partial charge in [0.15, 0.2) is 5.16 Å². The van der Waals surface area contributed by atoms with Crippen molar-refractivity contribution < 1.29 is 5.11 Å². The Kier molecular flexibility index (Phi) is 4.80. The number of thioether (sulfide) groups is 1. The second-order valence-corrected chi connectivity index (χ2v) is 4.38. The van der Waals surface area contributed by atoms with Crippen LogP contribution in [0.1, 0.15) is 13.3 Å². The van der Waals surface area contributed by atoms with Crippen molar-refractivity contribution in [1.29, 1.82) is 0 Å². The number of aliphatic hydroxyl groups excluding tert-OH is 1. The summed E-state index contributed by atoms with van der Waals surface area (Å²) in [4.78, 5) is 17.6. The van der Waals surface area contributed by atoms with E-state index in [1.54, 1.807) is 0 Å². The largest absolute Gasteiger partial charge is 0.395 e. The summed E-state index contributed by atoms with van der Waals surface area (Å²) in [5.74, 6) is 0. The van der Waals surface area contributed by atoms with Gasteiger partial charge in [-0.1, -0.05) is 18.7 Å². The van der Waals surface area contributed by atoms with Crippen molar-refractivity contribution in [3.63, 3.8) is 0 Å². The van der Waals surface area contributed by atoms with Gasteiger partial charge in [-0.05, 0) is 6.42 Å². The van der Waals surface area contributed by atoms with Gasteiger partial charge in [-0.25, -0.2) is 4.98 Å². The summed E-state index contributed by atoms with van der Waals surface area (Å²) in [7, 11) is 0. The molecule has 0 radical (unpaired) electrons. The van der Waals surface area contributed by atoms with Crippen LogP contribution < -0.4 is 11.3 Å². The van der Waals surface area contributed by atoms with Crippen molar-refractivity contribution in [3.05, 3.63) is 22.6 Å². The number of aliphatic hydroxyl groups is 1. The van der Waals surface area contributed by atoms with E-state index in [0.29, 0.717) is 5.16 Å². The third kappa shape index (κ3) is 3.65. The lowest BCUT2D eigenvalue weighted by Crippen LogP contribution is -2.34. The topological polar surface area (TPSA) is 92.0 Å². The van der Waals surface area contributed by atoms with Gasteiger partial charge >= 0.3 is 0 Å². The molecule has 0 amide bonds. The van der Waals surface area contributed by atoms with Crippen LogP contribution in [0.25, 0.3) is 0 Å². The van der Waals surface area contributed by atoms with E-state index in [2.05, 4.69) is 9.97 Å². The molecule has 1 rings (SSSR count). The van der Waals surface area contributed by atoms with Crippen LogP contribution in [0, 0.1) is 0 Å². The summed E-state index contributed by atoms with van der Waals surface area (Å²) in [5, 5.41) is 9.49. The molecule has 2 atom stereocenters. The molecular formula is C9H15N3O2S. The fourth-order valence-electron chi connectivity index (χ4n) is 1.08. The van der Waals surface area contributed by atoms with E-state index >= 15 is 0 Å². The highest BCUT2D eigenvalue weighted by Crippen LogP contribution is 2.20. The standard InChI is InChI=1S/C9H15N3O2S/c1-2-6(10)7(5-13)15-9-11-4-3-8(14)12-9/h3-4,6-7,13H,2,5,10H2,1H3,(H,11,12,14). The van der Waals surface area contributed by atoms with Crippen LogP contribution in [-0.2, 0) is 0 Å². The van der Waals surface area contributed by atoms with Gasteiger partial charge in [-0.3, -0.25) is 4.79 Å². The number of rotatable bonds is 5. The Labute approximate surface area is 92.1 Å². The molecule has 2 unspecified atom stereocenters. The lowest BCUT2D eigenvalue weighted by molar-refractivity contribution is 0.281. The normalized spacial score (nSPS) is 14.9. The average Bonchev–Trinajstić information content (AvgIpc) is 2.25. The second kappa shape index (κ2) is 5.89. The molecule has 1 aromatic heterocycles. The zero-order chi connectivity index (χ0) is 11.3. The maximum Gasteiger partial charge on any atom is 0.251 e. The quantitative estimate of drug-likeness (QED) is 0.487. The van der Waals surface area contributed by atoms with Crippen LogP contribution >= 0.6 is 11.8 Å². The SMILES string of the molecule is CCC(N)C(CO)Sc1nccc(=O)[nH]1. The molecule has 0 aliphatic heterocycles. The molecule has 4 N–H and O–H groups in total. The number of hydrogen-bond donors (Lipinski definition) is 3. The molecule has 0 saturated carbocycles. The molecule has 15 heavy (non-hydrogen) atoms. The van der Waals surface area contributed by atoms with Crippen LogP contribution in [0.15, 0.2) is 22.2 Å².